The van der Waals surface area contributed by atoms with E-state index in [-0.39, 0.29) is 0 Å². The van der Waals surface area contributed by atoms with Gasteiger partial charge in [-0.2, -0.15) is 0 Å². The molecule has 3 heterocycles. The lowest BCUT2D eigenvalue weighted by atomic mass is 9.94. The predicted octanol–water partition coefficient (Wildman–Crippen LogP) is -6.40. The smallest absolute Gasteiger partial charge is 0.217 e. The molecule has 3 aliphatic heterocycles. The minimum absolute atomic E-state index is 0.646. The molecule has 0 bridgehead atoms. The summed E-state index contributed by atoms with van der Waals surface area (Å²) < 4.78 is 27.7. The molecule has 0 aromatic carbocycles. The molecule has 0 saturated carbocycles. The summed E-state index contributed by atoms with van der Waals surface area (Å²) in [6.45, 7) is 1.00. The van der Waals surface area contributed by atoms with E-state index in [0.717, 1.165) is 6.92 Å². The Morgan fingerprint density at radius 2 is 1.25 bits per heavy atom. The maximum Gasteiger partial charge on any atom is 0.217 e. The second kappa shape index (κ2) is 12.2. The van der Waals surface area contributed by atoms with E-state index < -0.39 is 111 Å². The van der Waals surface area contributed by atoms with Crippen molar-refractivity contribution in [2.24, 2.45) is 0 Å². The monoisotopic (exact) mass is 529 g/mol. The van der Waals surface area contributed by atoms with E-state index in [4.69, 9.17) is 23.7 Å². The SMILES string of the molecule is CC(=O)N[C@@H]1[C@@H](O[C@@H]2O[C@H](CO)[C@H](O)[C@H](O)[C@H]2O)[C@H](O[C@H]2O[C@H](C)[C@H](O)[C@H](O)[C@H]2O)[C@@H](CO)O[C@H]1O. The molecule has 0 spiro atoms. The Morgan fingerprint density at radius 1 is 0.722 bits per heavy atom. The van der Waals surface area contributed by atoms with Crippen molar-refractivity contribution in [1.82, 2.24) is 5.32 Å². The number of nitrogens with one attached hydrogen (secondary N) is 1. The topological polar surface area (TPSA) is 257 Å². The molecular weight excluding hydrogens is 494 g/mol. The van der Waals surface area contributed by atoms with Gasteiger partial charge in [0, 0.05) is 6.92 Å². The van der Waals surface area contributed by atoms with Gasteiger partial charge in [0.25, 0.3) is 0 Å². The third-order valence-electron chi connectivity index (χ3n) is 6.45. The second-order valence-electron chi connectivity index (χ2n) is 9.05. The zero-order valence-electron chi connectivity index (χ0n) is 19.5. The molecule has 3 saturated heterocycles. The lowest BCUT2D eigenvalue weighted by Crippen LogP contribution is -2.69. The van der Waals surface area contributed by atoms with Gasteiger partial charge < -0.3 is 75.0 Å². The van der Waals surface area contributed by atoms with Gasteiger partial charge in [0.15, 0.2) is 18.9 Å². The predicted molar refractivity (Wildman–Crippen MR) is 111 cm³/mol. The number of hydrogen-bond acceptors (Lipinski definition) is 15. The maximum atomic E-state index is 11.8. The highest BCUT2D eigenvalue weighted by atomic mass is 16.7. The van der Waals surface area contributed by atoms with E-state index in [1.807, 2.05) is 0 Å². The summed E-state index contributed by atoms with van der Waals surface area (Å²) in [6.07, 6.45) is -22.0. The molecule has 36 heavy (non-hydrogen) atoms. The van der Waals surface area contributed by atoms with Crippen LogP contribution < -0.4 is 5.32 Å². The minimum Gasteiger partial charge on any atom is -0.394 e. The van der Waals surface area contributed by atoms with Crippen LogP contribution in [0, 0.1) is 0 Å². The van der Waals surface area contributed by atoms with Gasteiger partial charge in [-0.05, 0) is 6.92 Å². The highest BCUT2D eigenvalue weighted by molar-refractivity contribution is 5.73. The number of carbonyl (C=O) groups is 1. The van der Waals surface area contributed by atoms with Crippen LogP contribution in [0.15, 0.2) is 0 Å². The molecule has 16 heteroatoms. The third-order valence-corrected chi connectivity index (χ3v) is 6.45. The van der Waals surface area contributed by atoms with Crippen molar-refractivity contribution in [3.05, 3.63) is 0 Å². The molecule has 0 aromatic heterocycles. The van der Waals surface area contributed by atoms with Crippen LogP contribution in [0.4, 0.5) is 0 Å². The zero-order valence-corrected chi connectivity index (χ0v) is 19.5. The maximum absolute atomic E-state index is 11.8. The molecule has 1 amide bonds. The summed E-state index contributed by atoms with van der Waals surface area (Å²) in [4.78, 5) is 11.8. The fourth-order valence-corrected chi connectivity index (χ4v) is 4.40. The standard InChI is InChI=1S/C20H35NO15/c1-5-10(25)12(27)14(29)19(32-5)35-16-8(4-23)33-18(31)9(21-6(2)24)17(16)36-20-15(30)13(28)11(26)7(3-22)34-20/h5,7-20,22-23,25-31H,3-4H2,1-2H3,(H,21,24)/t5-,7-,8-,9-,10+,11+,12+,13+,14-,15-,16-,17-,18-,19-,20+/m1/s1. The van der Waals surface area contributed by atoms with E-state index in [1.54, 1.807) is 0 Å². The van der Waals surface area contributed by atoms with Crippen LogP contribution in [-0.2, 0) is 28.5 Å². The Labute approximate surface area is 205 Å². The van der Waals surface area contributed by atoms with Crippen LogP contribution >= 0.6 is 0 Å². The Kier molecular flexibility index (Phi) is 9.97. The van der Waals surface area contributed by atoms with E-state index in [2.05, 4.69) is 5.32 Å². The summed E-state index contributed by atoms with van der Waals surface area (Å²) in [5.41, 5.74) is 0. The average molecular weight is 529 g/mol. The highest BCUT2D eigenvalue weighted by Crippen LogP contribution is 2.32. The van der Waals surface area contributed by atoms with Crippen molar-refractivity contribution < 1.29 is 74.4 Å². The summed E-state index contributed by atoms with van der Waals surface area (Å²) >= 11 is 0. The van der Waals surface area contributed by atoms with Crippen LogP contribution in [-0.4, -0.2) is 157 Å². The van der Waals surface area contributed by atoms with Crippen molar-refractivity contribution in [2.75, 3.05) is 13.2 Å². The van der Waals surface area contributed by atoms with E-state index in [0.29, 0.717) is 0 Å². The zero-order chi connectivity index (χ0) is 26.9. The number of ether oxygens (including phenoxy) is 5. The average Bonchev–Trinajstić information content (AvgIpc) is 2.84. The van der Waals surface area contributed by atoms with Crippen molar-refractivity contribution in [3.8, 4) is 0 Å². The molecular formula is C20H35NO15. The molecule has 210 valence electrons. The molecule has 0 unspecified atom stereocenters. The van der Waals surface area contributed by atoms with Crippen LogP contribution in [0.25, 0.3) is 0 Å². The number of rotatable bonds is 7. The van der Waals surface area contributed by atoms with Crippen molar-refractivity contribution in [1.29, 1.82) is 0 Å². The second-order valence-corrected chi connectivity index (χ2v) is 9.05. The van der Waals surface area contributed by atoms with Crippen molar-refractivity contribution in [3.63, 3.8) is 0 Å². The fourth-order valence-electron chi connectivity index (χ4n) is 4.40. The summed E-state index contributed by atoms with van der Waals surface area (Å²) in [7, 11) is 0. The van der Waals surface area contributed by atoms with Gasteiger partial charge in [-0.15, -0.1) is 0 Å². The van der Waals surface area contributed by atoms with Crippen molar-refractivity contribution in [2.45, 2.75) is 106 Å². The molecule has 10 N–H and O–H groups in total. The van der Waals surface area contributed by atoms with Crippen LogP contribution in [0.3, 0.4) is 0 Å². The fraction of sp³-hybridized carbons (Fsp3) is 0.950. The Balaban J connectivity index is 1.92. The van der Waals surface area contributed by atoms with Gasteiger partial charge in [-0.3, -0.25) is 4.79 Å². The van der Waals surface area contributed by atoms with Gasteiger partial charge in [0.2, 0.25) is 5.91 Å². The number of hydrogen-bond donors (Lipinski definition) is 10. The van der Waals surface area contributed by atoms with Gasteiger partial charge >= 0.3 is 0 Å². The number of aliphatic hydroxyl groups excluding tert-OH is 9. The molecule has 16 nitrogen and oxygen atoms in total. The normalized spacial score (nSPS) is 50.0. The lowest BCUT2D eigenvalue weighted by molar-refractivity contribution is -0.370. The molecule has 0 aliphatic carbocycles. The van der Waals surface area contributed by atoms with E-state index in [9.17, 15) is 50.8 Å². The van der Waals surface area contributed by atoms with Crippen LogP contribution in [0.2, 0.25) is 0 Å². The quantitative estimate of drug-likeness (QED) is 0.147. The molecule has 15 atom stereocenters. The highest BCUT2D eigenvalue weighted by Gasteiger charge is 2.54. The van der Waals surface area contributed by atoms with Gasteiger partial charge in [0.05, 0.1) is 19.3 Å². The summed E-state index contributed by atoms with van der Waals surface area (Å²) in [5.74, 6) is -0.646. The summed E-state index contributed by atoms with van der Waals surface area (Å²) in [5, 5.41) is 93.2. The largest absolute Gasteiger partial charge is 0.394 e. The molecule has 0 aromatic rings. The van der Waals surface area contributed by atoms with Gasteiger partial charge in [0.1, 0.15) is 67.1 Å². The first-order valence-electron chi connectivity index (χ1n) is 11.4. The van der Waals surface area contributed by atoms with Crippen molar-refractivity contribution >= 4 is 5.91 Å². The Bertz CT molecular complexity index is 729. The van der Waals surface area contributed by atoms with Gasteiger partial charge in [-0.25, -0.2) is 0 Å². The van der Waals surface area contributed by atoms with Crippen LogP contribution in [0.5, 0.6) is 0 Å². The minimum atomic E-state index is -1.86. The Hall–Kier alpha value is -1.09. The molecule has 3 fully saturated rings. The Morgan fingerprint density at radius 3 is 1.81 bits per heavy atom. The number of carbonyl (C=O) groups excluding carboxylic acids is 1. The van der Waals surface area contributed by atoms with Crippen LogP contribution in [0.1, 0.15) is 13.8 Å². The lowest BCUT2D eigenvalue weighted by Gasteiger charge is -2.49. The van der Waals surface area contributed by atoms with E-state index >= 15 is 0 Å². The number of aliphatic hydroxyl groups is 9. The summed E-state index contributed by atoms with van der Waals surface area (Å²) in [6, 6.07) is -1.42. The van der Waals surface area contributed by atoms with Gasteiger partial charge in [-0.1, -0.05) is 0 Å². The third kappa shape index (κ3) is 5.97. The first-order chi connectivity index (χ1) is 16.9. The molecule has 0 radical (unpaired) electrons. The first kappa shape index (κ1) is 29.5. The number of amides is 1. The molecule has 3 rings (SSSR count). The van der Waals surface area contributed by atoms with E-state index in [1.165, 1.54) is 6.92 Å². The first-order valence-corrected chi connectivity index (χ1v) is 11.4. The molecule has 3 aliphatic rings.